The van der Waals surface area contributed by atoms with E-state index in [4.69, 9.17) is 4.74 Å². The second-order valence-corrected chi connectivity index (χ2v) is 7.16. The molecular formula is C19H29N3O2. The van der Waals surface area contributed by atoms with Gasteiger partial charge in [0.05, 0.1) is 6.61 Å². The third-order valence-electron chi connectivity index (χ3n) is 5.24. The van der Waals surface area contributed by atoms with Gasteiger partial charge in [0.25, 0.3) is 0 Å². The molecule has 2 aliphatic heterocycles. The van der Waals surface area contributed by atoms with E-state index in [1.165, 1.54) is 5.56 Å². The summed E-state index contributed by atoms with van der Waals surface area (Å²) in [4.78, 5) is 19.1. The molecule has 0 aromatic heterocycles. The summed E-state index contributed by atoms with van der Waals surface area (Å²) in [5.74, 6) is 0.288. The number of ether oxygens (including phenoxy) is 1. The average Bonchev–Trinajstić information content (AvgIpc) is 2.61. The van der Waals surface area contributed by atoms with Gasteiger partial charge in [0.2, 0.25) is 5.91 Å². The van der Waals surface area contributed by atoms with Crippen LogP contribution in [0, 0.1) is 0 Å². The van der Waals surface area contributed by atoms with Gasteiger partial charge in [0.15, 0.2) is 0 Å². The Balaban J connectivity index is 1.51. The van der Waals surface area contributed by atoms with Crippen molar-refractivity contribution in [2.45, 2.75) is 18.9 Å². The van der Waals surface area contributed by atoms with E-state index in [1.54, 1.807) is 0 Å². The Morgan fingerprint density at radius 3 is 2.54 bits per heavy atom. The lowest BCUT2D eigenvalue weighted by molar-refractivity contribution is -0.135. The van der Waals surface area contributed by atoms with Crippen molar-refractivity contribution in [1.82, 2.24) is 14.7 Å². The maximum Gasteiger partial charge on any atom is 0.223 e. The molecule has 5 nitrogen and oxygen atoms in total. The van der Waals surface area contributed by atoms with Gasteiger partial charge in [0.1, 0.15) is 5.60 Å². The van der Waals surface area contributed by atoms with E-state index < -0.39 is 0 Å². The van der Waals surface area contributed by atoms with Gasteiger partial charge in [-0.2, -0.15) is 0 Å². The van der Waals surface area contributed by atoms with Crippen molar-refractivity contribution in [3.8, 4) is 0 Å². The molecule has 5 heteroatoms. The Morgan fingerprint density at radius 1 is 1.12 bits per heavy atom. The van der Waals surface area contributed by atoms with Crippen LogP contribution in [0.1, 0.15) is 18.9 Å². The molecule has 1 atom stereocenters. The summed E-state index contributed by atoms with van der Waals surface area (Å²) in [7, 11) is 2.11. The van der Waals surface area contributed by atoms with Crippen LogP contribution in [0.2, 0.25) is 0 Å². The molecule has 24 heavy (non-hydrogen) atoms. The summed E-state index contributed by atoms with van der Waals surface area (Å²) >= 11 is 0. The van der Waals surface area contributed by atoms with Crippen LogP contribution in [0.25, 0.3) is 0 Å². The number of nitrogens with zero attached hydrogens (tertiary/aromatic N) is 3. The molecule has 1 aromatic rings. The molecule has 0 bridgehead atoms. The lowest BCUT2D eigenvalue weighted by Gasteiger charge is -2.41. The summed E-state index contributed by atoms with van der Waals surface area (Å²) in [6.45, 7) is 9.11. The fourth-order valence-electron chi connectivity index (χ4n) is 3.58. The monoisotopic (exact) mass is 331 g/mol. The van der Waals surface area contributed by atoms with E-state index in [-0.39, 0.29) is 11.5 Å². The number of morpholine rings is 1. The molecule has 3 rings (SSSR count). The summed E-state index contributed by atoms with van der Waals surface area (Å²) in [6.07, 6.45) is 0.606. The maximum atomic E-state index is 12.4. The molecule has 2 fully saturated rings. The highest BCUT2D eigenvalue weighted by Gasteiger charge is 2.33. The Hall–Kier alpha value is -1.43. The lowest BCUT2D eigenvalue weighted by Crippen LogP contribution is -2.50. The lowest BCUT2D eigenvalue weighted by atomic mass is 9.94. The Kier molecular flexibility index (Phi) is 5.54. The summed E-state index contributed by atoms with van der Waals surface area (Å²) in [5.41, 5.74) is 0.927. The van der Waals surface area contributed by atoms with Gasteiger partial charge < -0.3 is 14.5 Å². The van der Waals surface area contributed by atoms with Gasteiger partial charge in [0, 0.05) is 52.2 Å². The van der Waals surface area contributed by atoms with E-state index in [0.717, 1.165) is 45.8 Å². The fraction of sp³-hybridized carbons (Fsp3) is 0.632. The largest absolute Gasteiger partial charge is 0.368 e. The zero-order chi connectivity index (χ0) is 17.0. The third kappa shape index (κ3) is 4.15. The minimum Gasteiger partial charge on any atom is -0.368 e. The van der Waals surface area contributed by atoms with Gasteiger partial charge in [-0.15, -0.1) is 0 Å². The highest BCUT2D eigenvalue weighted by Crippen LogP contribution is 2.29. The number of carbonyl (C=O) groups excluding carboxylic acids is 1. The van der Waals surface area contributed by atoms with Gasteiger partial charge >= 0.3 is 0 Å². The second-order valence-electron chi connectivity index (χ2n) is 7.16. The highest BCUT2D eigenvalue weighted by atomic mass is 16.5. The molecule has 0 aliphatic carbocycles. The van der Waals surface area contributed by atoms with E-state index in [2.05, 4.69) is 48.0 Å². The summed E-state index contributed by atoms with van der Waals surface area (Å²) < 4.78 is 6.07. The Labute approximate surface area is 145 Å². The quantitative estimate of drug-likeness (QED) is 0.836. The number of likely N-dealkylation sites (N-methyl/N-ethyl adjacent to an activating group) is 1. The number of piperazine rings is 1. The highest BCUT2D eigenvalue weighted by molar-refractivity contribution is 5.76. The molecule has 0 N–H and O–H groups in total. The molecule has 2 saturated heterocycles. The standard InChI is InChI=1S/C19H29N3O2/c1-19(17-6-4-3-5-7-17)16-21(14-15-24-19)9-8-18(23)22-12-10-20(2)11-13-22/h3-7H,8-16H2,1-2H3. The van der Waals surface area contributed by atoms with Gasteiger partial charge in [-0.25, -0.2) is 0 Å². The molecule has 1 unspecified atom stereocenters. The number of amides is 1. The Morgan fingerprint density at radius 2 is 1.83 bits per heavy atom. The fourth-order valence-corrected chi connectivity index (χ4v) is 3.58. The molecular weight excluding hydrogens is 302 g/mol. The minimum absolute atomic E-state index is 0.281. The number of hydrogen-bond acceptors (Lipinski definition) is 4. The molecule has 1 aromatic carbocycles. The number of benzene rings is 1. The van der Waals surface area contributed by atoms with Gasteiger partial charge in [-0.05, 0) is 19.5 Å². The molecule has 0 saturated carbocycles. The van der Waals surface area contributed by atoms with E-state index in [0.29, 0.717) is 13.0 Å². The second kappa shape index (κ2) is 7.64. The van der Waals surface area contributed by atoms with Crippen molar-refractivity contribution < 1.29 is 9.53 Å². The van der Waals surface area contributed by atoms with Crippen molar-refractivity contribution >= 4 is 5.91 Å². The average molecular weight is 331 g/mol. The predicted molar refractivity (Wildman–Crippen MR) is 94.9 cm³/mol. The van der Waals surface area contributed by atoms with Crippen molar-refractivity contribution in [3.63, 3.8) is 0 Å². The first-order valence-electron chi connectivity index (χ1n) is 8.95. The van der Waals surface area contributed by atoms with Crippen LogP contribution in [0.15, 0.2) is 30.3 Å². The van der Waals surface area contributed by atoms with Crippen molar-refractivity contribution in [2.75, 3.05) is 59.5 Å². The van der Waals surface area contributed by atoms with Crippen LogP contribution in [0.4, 0.5) is 0 Å². The van der Waals surface area contributed by atoms with Crippen LogP contribution in [-0.2, 0) is 15.1 Å². The van der Waals surface area contributed by atoms with E-state index in [9.17, 15) is 4.79 Å². The first-order valence-corrected chi connectivity index (χ1v) is 8.95. The van der Waals surface area contributed by atoms with Crippen LogP contribution in [0.5, 0.6) is 0 Å². The van der Waals surface area contributed by atoms with Crippen molar-refractivity contribution in [3.05, 3.63) is 35.9 Å². The van der Waals surface area contributed by atoms with Crippen LogP contribution in [-0.4, -0.2) is 80.1 Å². The van der Waals surface area contributed by atoms with Crippen LogP contribution < -0.4 is 0 Å². The number of carbonyl (C=O) groups is 1. The van der Waals surface area contributed by atoms with E-state index in [1.807, 2.05) is 11.0 Å². The minimum atomic E-state index is -0.281. The molecule has 0 radical (unpaired) electrons. The summed E-state index contributed by atoms with van der Waals surface area (Å²) in [5, 5.41) is 0. The van der Waals surface area contributed by atoms with Crippen molar-refractivity contribution in [2.24, 2.45) is 0 Å². The molecule has 1 amide bonds. The van der Waals surface area contributed by atoms with Crippen molar-refractivity contribution in [1.29, 1.82) is 0 Å². The molecule has 132 valence electrons. The zero-order valence-electron chi connectivity index (χ0n) is 14.9. The smallest absolute Gasteiger partial charge is 0.223 e. The normalized spacial score (nSPS) is 26.5. The van der Waals surface area contributed by atoms with Crippen LogP contribution >= 0.6 is 0 Å². The predicted octanol–water partition coefficient (Wildman–Crippen LogP) is 1.40. The Bertz CT molecular complexity index is 543. The van der Waals surface area contributed by atoms with Gasteiger partial charge in [-0.3, -0.25) is 9.69 Å². The third-order valence-corrected chi connectivity index (χ3v) is 5.24. The summed E-state index contributed by atoms with van der Waals surface area (Å²) in [6, 6.07) is 10.4. The number of rotatable bonds is 4. The molecule has 0 spiro atoms. The maximum absolute atomic E-state index is 12.4. The van der Waals surface area contributed by atoms with Gasteiger partial charge in [-0.1, -0.05) is 30.3 Å². The first-order chi connectivity index (χ1) is 11.6. The first kappa shape index (κ1) is 17.4. The molecule has 2 heterocycles. The van der Waals surface area contributed by atoms with E-state index >= 15 is 0 Å². The number of hydrogen-bond donors (Lipinski definition) is 0. The topological polar surface area (TPSA) is 36.0 Å². The SMILES string of the molecule is CN1CCN(C(=O)CCN2CCOC(C)(c3ccccc3)C2)CC1. The zero-order valence-corrected chi connectivity index (χ0v) is 14.9. The van der Waals surface area contributed by atoms with Crippen LogP contribution in [0.3, 0.4) is 0 Å². The molecule has 2 aliphatic rings.